The second-order valence-corrected chi connectivity index (χ2v) is 5.68. The molecule has 0 aromatic carbocycles. The zero-order chi connectivity index (χ0) is 12.2. The van der Waals surface area contributed by atoms with Crippen LogP contribution in [0.15, 0.2) is 5.38 Å². The maximum absolute atomic E-state index is 9.81. The molecule has 0 aliphatic carbocycles. The Morgan fingerprint density at radius 1 is 1.56 bits per heavy atom. The van der Waals surface area contributed by atoms with Crippen LogP contribution in [0.4, 0.5) is 0 Å². The summed E-state index contributed by atoms with van der Waals surface area (Å²) in [6, 6.07) is 0. The summed E-state index contributed by atoms with van der Waals surface area (Å²) in [5, 5.41) is 16.3. The minimum Gasteiger partial charge on any atom is -0.389 e. The molecule has 92 valence electrons. The maximum Gasteiger partial charge on any atom is 0.0954 e. The molecule has 2 N–H and O–H groups in total. The highest BCUT2D eigenvalue weighted by atomic mass is 32.1. The summed E-state index contributed by atoms with van der Waals surface area (Å²) in [5.41, 5.74) is 0.456. The molecule has 0 amide bonds. The van der Waals surface area contributed by atoms with Gasteiger partial charge in [-0.15, -0.1) is 11.3 Å². The van der Waals surface area contributed by atoms with Crippen LogP contribution in [0.5, 0.6) is 0 Å². The number of hydrogen-bond acceptors (Lipinski definition) is 4. The van der Waals surface area contributed by atoms with Gasteiger partial charge in [-0.3, -0.25) is 0 Å². The van der Waals surface area contributed by atoms with Crippen LogP contribution < -0.4 is 5.32 Å². The minimum absolute atomic E-state index is 0.498. The average molecular weight is 242 g/mol. The third-order valence-corrected chi connectivity index (χ3v) is 3.83. The third-order valence-electron chi connectivity index (χ3n) is 2.64. The van der Waals surface area contributed by atoms with Crippen molar-refractivity contribution in [1.29, 1.82) is 0 Å². The van der Waals surface area contributed by atoms with Crippen LogP contribution >= 0.6 is 11.3 Å². The van der Waals surface area contributed by atoms with Gasteiger partial charge in [0.15, 0.2) is 0 Å². The normalized spacial score (nSPS) is 15.4. The highest BCUT2D eigenvalue weighted by molar-refractivity contribution is 7.09. The molecule has 0 aliphatic heterocycles. The molecule has 3 nitrogen and oxygen atoms in total. The summed E-state index contributed by atoms with van der Waals surface area (Å²) in [6.07, 6.45) is 0.758. The fourth-order valence-corrected chi connectivity index (χ4v) is 2.09. The van der Waals surface area contributed by atoms with Gasteiger partial charge in [0.2, 0.25) is 0 Å². The molecule has 1 aromatic rings. The average Bonchev–Trinajstić information content (AvgIpc) is 2.66. The zero-order valence-electron chi connectivity index (χ0n) is 10.6. The number of nitrogens with zero attached hydrogens (tertiary/aromatic N) is 1. The molecule has 1 rings (SSSR count). The van der Waals surface area contributed by atoms with E-state index >= 15 is 0 Å². The lowest BCUT2D eigenvalue weighted by molar-refractivity contribution is 0.0555. The van der Waals surface area contributed by atoms with E-state index < -0.39 is 5.60 Å². The molecule has 0 bridgehead atoms. The Morgan fingerprint density at radius 2 is 2.25 bits per heavy atom. The molecule has 1 unspecified atom stereocenters. The van der Waals surface area contributed by atoms with Crippen molar-refractivity contribution in [2.45, 2.75) is 52.2 Å². The zero-order valence-corrected chi connectivity index (χ0v) is 11.4. The van der Waals surface area contributed by atoms with Gasteiger partial charge in [-0.25, -0.2) is 4.98 Å². The first-order chi connectivity index (χ1) is 7.44. The van der Waals surface area contributed by atoms with Crippen LogP contribution in [0.2, 0.25) is 0 Å². The van der Waals surface area contributed by atoms with Gasteiger partial charge < -0.3 is 10.4 Å². The third kappa shape index (κ3) is 4.20. The molecule has 1 atom stereocenters. The topological polar surface area (TPSA) is 45.1 Å². The molecule has 0 saturated heterocycles. The van der Waals surface area contributed by atoms with E-state index in [0.717, 1.165) is 18.7 Å². The van der Waals surface area contributed by atoms with E-state index in [2.05, 4.69) is 29.5 Å². The van der Waals surface area contributed by atoms with Gasteiger partial charge in [-0.05, 0) is 13.3 Å². The van der Waals surface area contributed by atoms with Crippen LogP contribution in [0, 0.1) is 0 Å². The summed E-state index contributed by atoms with van der Waals surface area (Å²) in [5.74, 6) is 0.498. The monoisotopic (exact) mass is 242 g/mol. The fraction of sp³-hybridized carbons (Fsp3) is 0.750. The van der Waals surface area contributed by atoms with E-state index in [-0.39, 0.29) is 0 Å². The van der Waals surface area contributed by atoms with E-state index in [9.17, 15) is 5.11 Å². The van der Waals surface area contributed by atoms with Crippen molar-refractivity contribution >= 4 is 11.3 Å². The van der Waals surface area contributed by atoms with Gasteiger partial charge in [-0.1, -0.05) is 20.8 Å². The lowest BCUT2D eigenvalue weighted by Crippen LogP contribution is -2.36. The van der Waals surface area contributed by atoms with Gasteiger partial charge in [0.1, 0.15) is 0 Å². The molecule has 0 radical (unpaired) electrons. The molecule has 1 aromatic heterocycles. The van der Waals surface area contributed by atoms with Gasteiger partial charge in [0, 0.05) is 24.4 Å². The standard InChI is InChI=1S/C12H22N2OS/c1-5-12(4,15)8-13-6-10-7-16-11(14-10)9(2)3/h7,9,13,15H,5-6,8H2,1-4H3. The molecule has 0 fully saturated rings. The van der Waals surface area contributed by atoms with Gasteiger partial charge in [0.05, 0.1) is 16.3 Å². The Morgan fingerprint density at radius 3 is 2.75 bits per heavy atom. The van der Waals surface area contributed by atoms with Gasteiger partial charge in [0.25, 0.3) is 0 Å². The highest BCUT2D eigenvalue weighted by Crippen LogP contribution is 2.19. The van der Waals surface area contributed by atoms with E-state index in [1.807, 2.05) is 13.8 Å². The van der Waals surface area contributed by atoms with Crippen LogP contribution in [0.25, 0.3) is 0 Å². The quantitative estimate of drug-likeness (QED) is 0.805. The lowest BCUT2D eigenvalue weighted by Gasteiger charge is -2.21. The second kappa shape index (κ2) is 5.75. The van der Waals surface area contributed by atoms with Crippen LogP contribution in [0.3, 0.4) is 0 Å². The van der Waals surface area contributed by atoms with Crippen LogP contribution in [-0.2, 0) is 6.54 Å². The number of thiazole rings is 1. The van der Waals surface area contributed by atoms with E-state index in [1.54, 1.807) is 11.3 Å². The smallest absolute Gasteiger partial charge is 0.0954 e. The number of aliphatic hydroxyl groups is 1. The van der Waals surface area contributed by atoms with Crippen molar-refractivity contribution in [3.8, 4) is 0 Å². The largest absolute Gasteiger partial charge is 0.389 e. The van der Waals surface area contributed by atoms with Crippen LogP contribution in [0.1, 0.15) is 50.7 Å². The Labute approximate surface area is 102 Å². The van der Waals surface area contributed by atoms with Gasteiger partial charge >= 0.3 is 0 Å². The first-order valence-corrected chi connectivity index (χ1v) is 6.70. The van der Waals surface area contributed by atoms with Crippen molar-refractivity contribution in [2.24, 2.45) is 0 Å². The Hall–Kier alpha value is -0.450. The molecule has 16 heavy (non-hydrogen) atoms. The SMILES string of the molecule is CCC(C)(O)CNCc1csc(C(C)C)n1. The molecule has 0 aliphatic rings. The molecular formula is C12H22N2OS. The van der Waals surface area contributed by atoms with E-state index in [0.29, 0.717) is 12.5 Å². The van der Waals surface area contributed by atoms with Crippen molar-refractivity contribution in [3.05, 3.63) is 16.1 Å². The van der Waals surface area contributed by atoms with E-state index in [4.69, 9.17) is 0 Å². The molecule has 0 saturated carbocycles. The first-order valence-electron chi connectivity index (χ1n) is 5.82. The summed E-state index contributed by atoms with van der Waals surface area (Å²) >= 11 is 1.71. The second-order valence-electron chi connectivity index (χ2n) is 4.79. The molecular weight excluding hydrogens is 220 g/mol. The molecule has 4 heteroatoms. The Balaban J connectivity index is 2.37. The predicted molar refractivity (Wildman–Crippen MR) is 68.8 cm³/mol. The maximum atomic E-state index is 9.81. The van der Waals surface area contributed by atoms with Crippen LogP contribution in [-0.4, -0.2) is 22.2 Å². The Kier molecular flexibility index (Phi) is 4.89. The van der Waals surface area contributed by atoms with Crippen molar-refractivity contribution in [2.75, 3.05) is 6.54 Å². The fourth-order valence-electron chi connectivity index (χ4n) is 1.25. The molecule has 0 spiro atoms. The van der Waals surface area contributed by atoms with Gasteiger partial charge in [-0.2, -0.15) is 0 Å². The summed E-state index contributed by atoms with van der Waals surface area (Å²) in [4.78, 5) is 4.53. The number of nitrogens with one attached hydrogen (secondary N) is 1. The first kappa shape index (κ1) is 13.6. The molecule has 1 heterocycles. The summed E-state index contributed by atoms with van der Waals surface area (Å²) < 4.78 is 0. The predicted octanol–water partition coefficient (Wildman–Crippen LogP) is 2.52. The number of rotatable bonds is 6. The lowest BCUT2D eigenvalue weighted by atomic mass is 10.0. The summed E-state index contributed by atoms with van der Waals surface area (Å²) in [7, 11) is 0. The Bertz CT molecular complexity index is 321. The number of hydrogen-bond donors (Lipinski definition) is 2. The van der Waals surface area contributed by atoms with Crippen molar-refractivity contribution in [3.63, 3.8) is 0 Å². The van der Waals surface area contributed by atoms with Crippen molar-refractivity contribution in [1.82, 2.24) is 10.3 Å². The minimum atomic E-state index is -0.614. The highest BCUT2D eigenvalue weighted by Gasteiger charge is 2.16. The number of aromatic nitrogens is 1. The van der Waals surface area contributed by atoms with E-state index in [1.165, 1.54) is 5.01 Å². The van der Waals surface area contributed by atoms with Crippen molar-refractivity contribution < 1.29 is 5.11 Å². The summed E-state index contributed by atoms with van der Waals surface area (Å²) in [6.45, 7) is 9.48.